The molecule has 3 amide bonds. The van der Waals surface area contributed by atoms with Gasteiger partial charge < -0.3 is 5.32 Å². The SMILES string of the molecule is C=CCNC(=O)NC(=O)CSc1nnc(-c2ccccc2F)n1CC=C. The molecule has 26 heavy (non-hydrogen) atoms. The molecule has 7 nitrogen and oxygen atoms in total. The van der Waals surface area contributed by atoms with Crippen molar-refractivity contribution in [2.24, 2.45) is 0 Å². The second-order valence-electron chi connectivity index (χ2n) is 5.02. The summed E-state index contributed by atoms with van der Waals surface area (Å²) >= 11 is 1.09. The second-order valence-corrected chi connectivity index (χ2v) is 5.96. The lowest BCUT2D eigenvalue weighted by Crippen LogP contribution is -2.40. The van der Waals surface area contributed by atoms with Gasteiger partial charge in [-0.2, -0.15) is 0 Å². The van der Waals surface area contributed by atoms with Crippen molar-refractivity contribution in [3.8, 4) is 11.4 Å². The molecule has 0 saturated heterocycles. The molecule has 0 spiro atoms. The lowest BCUT2D eigenvalue weighted by Gasteiger charge is -2.08. The highest BCUT2D eigenvalue weighted by Crippen LogP contribution is 2.25. The molecule has 1 heterocycles. The van der Waals surface area contributed by atoms with Crippen molar-refractivity contribution in [2.75, 3.05) is 12.3 Å². The summed E-state index contributed by atoms with van der Waals surface area (Å²) in [6.45, 7) is 7.75. The molecular weight excluding hydrogens is 357 g/mol. The van der Waals surface area contributed by atoms with Crippen molar-refractivity contribution in [2.45, 2.75) is 11.7 Å². The number of carbonyl (C=O) groups excluding carboxylic acids is 2. The first kappa shape index (κ1) is 19.4. The third-order valence-corrected chi connectivity index (χ3v) is 4.10. The smallest absolute Gasteiger partial charge is 0.321 e. The van der Waals surface area contributed by atoms with Crippen LogP contribution in [0.15, 0.2) is 54.7 Å². The molecule has 136 valence electrons. The molecule has 0 aliphatic carbocycles. The van der Waals surface area contributed by atoms with Gasteiger partial charge in [0.05, 0.1) is 11.3 Å². The summed E-state index contributed by atoms with van der Waals surface area (Å²) in [5, 5.41) is 13.1. The molecule has 0 radical (unpaired) electrons. The van der Waals surface area contributed by atoms with Crippen LogP contribution in [-0.2, 0) is 11.3 Å². The number of urea groups is 1. The van der Waals surface area contributed by atoms with E-state index in [9.17, 15) is 14.0 Å². The fourth-order valence-electron chi connectivity index (χ4n) is 2.03. The number of thioether (sulfide) groups is 1. The number of hydrogen-bond acceptors (Lipinski definition) is 5. The number of benzene rings is 1. The lowest BCUT2D eigenvalue weighted by atomic mass is 10.2. The van der Waals surface area contributed by atoms with Crippen molar-refractivity contribution in [3.63, 3.8) is 0 Å². The summed E-state index contributed by atoms with van der Waals surface area (Å²) in [6, 6.07) is 5.63. The van der Waals surface area contributed by atoms with Gasteiger partial charge in [0, 0.05) is 13.1 Å². The molecule has 2 aromatic rings. The number of rotatable bonds is 8. The predicted octanol–water partition coefficient (Wildman–Crippen LogP) is 2.37. The van der Waals surface area contributed by atoms with Crippen LogP contribution in [-0.4, -0.2) is 39.0 Å². The Kier molecular flexibility index (Phi) is 7.10. The quantitative estimate of drug-likeness (QED) is 0.546. The molecule has 0 saturated carbocycles. The van der Waals surface area contributed by atoms with Crippen LogP contribution in [0.25, 0.3) is 11.4 Å². The average Bonchev–Trinajstić information content (AvgIpc) is 3.01. The Morgan fingerprint density at radius 3 is 2.69 bits per heavy atom. The summed E-state index contributed by atoms with van der Waals surface area (Å²) in [5.41, 5.74) is 0.307. The molecule has 0 fully saturated rings. The Hall–Kier alpha value is -2.94. The Morgan fingerprint density at radius 1 is 1.23 bits per heavy atom. The molecule has 0 bridgehead atoms. The van der Waals surface area contributed by atoms with Crippen molar-refractivity contribution >= 4 is 23.7 Å². The van der Waals surface area contributed by atoms with Crippen LogP contribution >= 0.6 is 11.8 Å². The first-order chi connectivity index (χ1) is 12.6. The van der Waals surface area contributed by atoms with Gasteiger partial charge >= 0.3 is 6.03 Å². The molecular formula is C17H18FN5O2S. The van der Waals surface area contributed by atoms with Gasteiger partial charge in [-0.1, -0.05) is 36.0 Å². The zero-order valence-electron chi connectivity index (χ0n) is 13.9. The highest BCUT2D eigenvalue weighted by molar-refractivity contribution is 7.99. The van der Waals surface area contributed by atoms with Gasteiger partial charge in [0.15, 0.2) is 11.0 Å². The van der Waals surface area contributed by atoms with Gasteiger partial charge in [0.25, 0.3) is 0 Å². The zero-order chi connectivity index (χ0) is 18.9. The number of nitrogens with zero attached hydrogens (tertiary/aromatic N) is 3. The number of hydrogen-bond donors (Lipinski definition) is 2. The number of carbonyl (C=O) groups is 2. The van der Waals surface area contributed by atoms with Gasteiger partial charge in [0.2, 0.25) is 5.91 Å². The maximum absolute atomic E-state index is 14.0. The summed E-state index contributed by atoms with van der Waals surface area (Å²) in [7, 11) is 0. The topological polar surface area (TPSA) is 88.9 Å². The predicted molar refractivity (Wildman–Crippen MR) is 98.1 cm³/mol. The average molecular weight is 375 g/mol. The van der Waals surface area contributed by atoms with Gasteiger partial charge in [-0.3, -0.25) is 14.7 Å². The Morgan fingerprint density at radius 2 is 2.00 bits per heavy atom. The molecule has 0 atom stereocenters. The van der Waals surface area contributed by atoms with E-state index in [0.717, 1.165) is 11.8 Å². The Labute approximate surface area is 154 Å². The number of halogens is 1. The van der Waals surface area contributed by atoms with E-state index in [1.54, 1.807) is 28.8 Å². The molecule has 0 unspecified atom stereocenters. The van der Waals surface area contributed by atoms with Gasteiger partial charge in [-0.05, 0) is 12.1 Å². The fourth-order valence-corrected chi connectivity index (χ4v) is 2.78. The first-order valence-electron chi connectivity index (χ1n) is 7.67. The number of allylic oxidation sites excluding steroid dienone is 1. The standard InChI is InChI=1S/C17H18FN5O2S/c1-3-9-19-16(25)20-14(24)11-26-17-22-21-15(23(17)10-4-2)12-7-5-6-8-13(12)18/h3-8H,1-2,9-11H2,(H2,19,20,24,25). The number of nitrogens with one attached hydrogen (secondary N) is 2. The van der Waals surface area contributed by atoms with Gasteiger partial charge in [0.1, 0.15) is 5.82 Å². The van der Waals surface area contributed by atoms with E-state index in [1.807, 2.05) is 0 Å². The summed E-state index contributed by atoms with van der Waals surface area (Å²) in [6.07, 6.45) is 3.13. The minimum absolute atomic E-state index is 0.0476. The van der Waals surface area contributed by atoms with E-state index in [4.69, 9.17) is 0 Å². The summed E-state index contributed by atoms with van der Waals surface area (Å²) in [4.78, 5) is 23.3. The fraction of sp³-hybridized carbons (Fsp3) is 0.176. The number of imide groups is 1. The van der Waals surface area contributed by atoms with Crippen LogP contribution < -0.4 is 10.6 Å². The van der Waals surface area contributed by atoms with E-state index >= 15 is 0 Å². The van der Waals surface area contributed by atoms with Crippen LogP contribution in [0.4, 0.5) is 9.18 Å². The van der Waals surface area contributed by atoms with E-state index in [0.29, 0.717) is 23.1 Å². The van der Waals surface area contributed by atoms with Crippen molar-refractivity contribution in [1.82, 2.24) is 25.4 Å². The minimum Gasteiger partial charge on any atom is -0.334 e. The molecule has 0 aliphatic rings. The number of aromatic nitrogens is 3. The zero-order valence-corrected chi connectivity index (χ0v) is 14.8. The Balaban J connectivity index is 2.09. The van der Waals surface area contributed by atoms with Crippen LogP contribution in [0.2, 0.25) is 0 Å². The largest absolute Gasteiger partial charge is 0.334 e. The third-order valence-electron chi connectivity index (χ3n) is 3.14. The second kappa shape index (κ2) is 9.52. The van der Waals surface area contributed by atoms with Crippen LogP contribution in [0.3, 0.4) is 0 Å². The van der Waals surface area contributed by atoms with Crippen LogP contribution in [0.5, 0.6) is 0 Å². The summed E-state index contributed by atoms with van der Waals surface area (Å²) < 4.78 is 15.7. The molecule has 0 aliphatic heterocycles. The van der Waals surface area contributed by atoms with Crippen molar-refractivity contribution in [3.05, 3.63) is 55.4 Å². The molecule has 9 heteroatoms. The summed E-state index contributed by atoms with van der Waals surface area (Å²) in [5.74, 6) is -0.612. The monoisotopic (exact) mass is 375 g/mol. The van der Waals surface area contributed by atoms with Gasteiger partial charge in [-0.15, -0.1) is 23.4 Å². The molecule has 1 aromatic heterocycles. The highest BCUT2D eigenvalue weighted by atomic mass is 32.2. The normalized spacial score (nSPS) is 10.2. The van der Waals surface area contributed by atoms with Crippen molar-refractivity contribution < 1.29 is 14.0 Å². The number of amides is 3. The van der Waals surface area contributed by atoms with E-state index in [-0.39, 0.29) is 12.3 Å². The van der Waals surface area contributed by atoms with Crippen LogP contribution in [0.1, 0.15) is 0 Å². The maximum Gasteiger partial charge on any atom is 0.321 e. The molecule has 2 N–H and O–H groups in total. The first-order valence-corrected chi connectivity index (χ1v) is 8.65. The lowest BCUT2D eigenvalue weighted by molar-refractivity contribution is -0.117. The Bertz CT molecular complexity index is 821. The van der Waals surface area contributed by atoms with E-state index in [2.05, 4.69) is 34.0 Å². The van der Waals surface area contributed by atoms with Crippen molar-refractivity contribution in [1.29, 1.82) is 0 Å². The minimum atomic E-state index is -0.602. The van der Waals surface area contributed by atoms with E-state index < -0.39 is 17.8 Å². The van der Waals surface area contributed by atoms with Crippen LogP contribution in [0, 0.1) is 5.82 Å². The van der Waals surface area contributed by atoms with Gasteiger partial charge in [-0.25, -0.2) is 9.18 Å². The van der Waals surface area contributed by atoms with E-state index in [1.165, 1.54) is 12.1 Å². The molecule has 1 aromatic carbocycles. The maximum atomic E-state index is 14.0. The molecule has 2 rings (SSSR count). The third kappa shape index (κ3) is 5.03. The highest BCUT2D eigenvalue weighted by Gasteiger charge is 2.17.